The van der Waals surface area contributed by atoms with E-state index in [1.807, 2.05) is 0 Å². The van der Waals surface area contributed by atoms with Gasteiger partial charge in [-0.05, 0) is 11.6 Å². The molecule has 2 heterocycles. The topological polar surface area (TPSA) is 47.4 Å². The zero-order valence-electron chi connectivity index (χ0n) is 6.71. The minimum absolute atomic E-state index is 0.0390. The van der Waals surface area contributed by atoms with Crippen molar-refractivity contribution < 1.29 is 9.13 Å². The Kier molecular flexibility index (Phi) is 1.88. The summed E-state index contributed by atoms with van der Waals surface area (Å²) in [5.74, 6) is -0.330. The van der Waals surface area contributed by atoms with Gasteiger partial charge in [-0.1, -0.05) is 0 Å². The van der Waals surface area contributed by atoms with Gasteiger partial charge in [0.25, 0.3) is 0 Å². The SMILES string of the molecule is COc1nc(Cl)nc2c1CN=C2F. The molecule has 68 valence electrons. The molecule has 2 rings (SSSR count). The normalized spacial score (nSPS) is 13.9. The summed E-state index contributed by atoms with van der Waals surface area (Å²) < 4.78 is 17.9. The lowest BCUT2D eigenvalue weighted by atomic mass is 10.2. The Labute approximate surface area is 78.4 Å². The molecule has 1 aliphatic heterocycles. The summed E-state index contributed by atoms with van der Waals surface area (Å²) in [4.78, 5) is 11.1. The lowest BCUT2D eigenvalue weighted by molar-refractivity contribution is 0.392. The summed E-state index contributed by atoms with van der Waals surface area (Å²) in [6.45, 7) is 0.210. The molecule has 1 aliphatic rings. The molecule has 1 aromatic rings. The van der Waals surface area contributed by atoms with Gasteiger partial charge in [0.05, 0.1) is 19.2 Å². The Balaban J connectivity index is 2.61. The van der Waals surface area contributed by atoms with Crippen LogP contribution in [-0.2, 0) is 6.54 Å². The highest BCUT2D eigenvalue weighted by molar-refractivity contribution is 6.28. The lowest BCUT2D eigenvalue weighted by Crippen LogP contribution is -2.01. The number of aromatic nitrogens is 2. The average Bonchev–Trinajstić information content (AvgIpc) is 2.47. The predicted molar refractivity (Wildman–Crippen MR) is 44.9 cm³/mol. The molecule has 0 atom stereocenters. The van der Waals surface area contributed by atoms with Crippen molar-refractivity contribution in [3.05, 3.63) is 16.5 Å². The summed E-state index contributed by atoms with van der Waals surface area (Å²) >= 11 is 5.55. The van der Waals surface area contributed by atoms with E-state index < -0.39 is 5.97 Å². The van der Waals surface area contributed by atoms with Gasteiger partial charge < -0.3 is 4.74 Å². The predicted octanol–water partition coefficient (Wildman–Crippen LogP) is 1.37. The third kappa shape index (κ3) is 1.25. The van der Waals surface area contributed by atoms with E-state index in [2.05, 4.69) is 15.0 Å². The molecule has 13 heavy (non-hydrogen) atoms. The smallest absolute Gasteiger partial charge is 0.235 e. The molecule has 6 heteroatoms. The van der Waals surface area contributed by atoms with E-state index in [1.165, 1.54) is 7.11 Å². The third-order valence-corrected chi connectivity index (χ3v) is 1.88. The van der Waals surface area contributed by atoms with Gasteiger partial charge in [-0.15, -0.1) is 0 Å². The first-order chi connectivity index (χ1) is 6.22. The van der Waals surface area contributed by atoms with Crippen LogP contribution >= 0.6 is 11.6 Å². The molecule has 0 aliphatic carbocycles. The fraction of sp³-hybridized carbons (Fsp3) is 0.286. The number of hydrogen-bond donors (Lipinski definition) is 0. The highest BCUT2D eigenvalue weighted by Gasteiger charge is 2.23. The van der Waals surface area contributed by atoms with E-state index in [0.29, 0.717) is 5.56 Å². The van der Waals surface area contributed by atoms with Gasteiger partial charge in [0, 0.05) is 0 Å². The van der Waals surface area contributed by atoms with Gasteiger partial charge in [-0.25, -0.2) is 4.98 Å². The minimum Gasteiger partial charge on any atom is -0.481 e. The first-order valence-corrected chi connectivity index (χ1v) is 3.91. The Morgan fingerprint density at radius 1 is 1.46 bits per heavy atom. The molecule has 0 bridgehead atoms. The number of aliphatic imine (C=N–C) groups is 1. The Bertz CT molecular complexity index is 394. The largest absolute Gasteiger partial charge is 0.481 e. The zero-order valence-corrected chi connectivity index (χ0v) is 7.47. The summed E-state index contributed by atoms with van der Waals surface area (Å²) in [7, 11) is 1.44. The molecular weight excluding hydrogens is 197 g/mol. The molecule has 1 aromatic heterocycles. The second-order valence-electron chi connectivity index (χ2n) is 2.44. The number of ether oxygens (including phenoxy) is 1. The van der Waals surface area contributed by atoms with Gasteiger partial charge in [0.15, 0.2) is 0 Å². The highest BCUT2D eigenvalue weighted by Crippen LogP contribution is 2.26. The summed E-state index contributed by atoms with van der Waals surface area (Å²) in [5, 5.41) is -0.0390. The van der Waals surface area contributed by atoms with Gasteiger partial charge in [0.2, 0.25) is 17.1 Å². The van der Waals surface area contributed by atoms with Crippen LogP contribution in [0.1, 0.15) is 11.3 Å². The monoisotopic (exact) mass is 201 g/mol. The standard InChI is InChI=1S/C7H5ClFN3O/c1-13-6-3-2-10-5(9)4(3)11-7(8)12-6/h2H2,1H3. The molecule has 0 spiro atoms. The molecule has 0 saturated heterocycles. The molecule has 0 saturated carbocycles. The van der Waals surface area contributed by atoms with Crippen LogP contribution in [0.3, 0.4) is 0 Å². The van der Waals surface area contributed by atoms with Gasteiger partial charge >= 0.3 is 0 Å². The van der Waals surface area contributed by atoms with Crippen LogP contribution in [0.25, 0.3) is 0 Å². The molecule has 0 amide bonds. The van der Waals surface area contributed by atoms with E-state index in [9.17, 15) is 4.39 Å². The summed E-state index contributed by atoms with van der Waals surface area (Å²) in [5.41, 5.74) is 0.682. The molecule has 4 nitrogen and oxygen atoms in total. The Morgan fingerprint density at radius 3 is 2.92 bits per heavy atom. The van der Waals surface area contributed by atoms with Crippen molar-refractivity contribution in [1.82, 2.24) is 9.97 Å². The van der Waals surface area contributed by atoms with Crippen molar-refractivity contribution in [1.29, 1.82) is 0 Å². The van der Waals surface area contributed by atoms with Crippen molar-refractivity contribution in [2.45, 2.75) is 6.54 Å². The van der Waals surface area contributed by atoms with Crippen LogP contribution in [-0.4, -0.2) is 23.0 Å². The average molecular weight is 202 g/mol. The highest BCUT2D eigenvalue weighted by atomic mass is 35.5. The maximum atomic E-state index is 13.0. The van der Waals surface area contributed by atoms with Crippen LogP contribution in [0.15, 0.2) is 4.99 Å². The van der Waals surface area contributed by atoms with Crippen LogP contribution < -0.4 is 4.74 Å². The number of methoxy groups -OCH3 is 1. The number of fused-ring (bicyclic) bond motifs is 1. The van der Waals surface area contributed by atoms with Crippen LogP contribution in [0.4, 0.5) is 4.39 Å². The van der Waals surface area contributed by atoms with E-state index in [4.69, 9.17) is 16.3 Å². The quantitative estimate of drug-likeness (QED) is 0.645. The van der Waals surface area contributed by atoms with Crippen molar-refractivity contribution in [2.75, 3.05) is 7.11 Å². The maximum Gasteiger partial charge on any atom is 0.235 e. The first kappa shape index (κ1) is 8.37. The van der Waals surface area contributed by atoms with Crippen molar-refractivity contribution >= 4 is 17.6 Å². The van der Waals surface area contributed by atoms with E-state index in [0.717, 1.165) is 0 Å². The van der Waals surface area contributed by atoms with Crippen molar-refractivity contribution in [3.63, 3.8) is 0 Å². The fourth-order valence-corrected chi connectivity index (χ4v) is 1.30. The zero-order chi connectivity index (χ0) is 9.42. The van der Waals surface area contributed by atoms with Crippen molar-refractivity contribution in [2.24, 2.45) is 4.99 Å². The van der Waals surface area contributed by atoms with E-state index in [-0.39, 0.29) is 23.4 Å². The second-order valence-corrected chi connectivity index (χ2v) is 2.77. The Morgan fingerprint density at radius 2 is 2.23 bits per heavy atom. The Hall–Kier alpha value is -1.23. The first-order valence-electron chi connectivity index (χ1n) is 3.53. The van der Waals surface area contributed by atoms with Crippen molar-refractivity contribution in [3.8, 4) is 5.88 Å². The molecule has 0 aromatic carbocycles. The van der Waals surface area contributed by atoms with Crippen LogP contribution in [0.2, 0.25) is 5.28 Å². The van der Waals surface area contributed by atoms with E-state index >= 15 is 0 Å². The van der Waals surface area contributed by atoms with Gasteiger partial charge in [-0.2, -0.15) is 9.37 Å². The van der Waals surface area contributed by atoms with Gasteiger partial charge in [0.1, 0.15) is 5.69 Å². The van der Waals surface area contributed by atoms with Crippen LogP contribution in [0, 0.1) is 0 Å². The molecule has 0 fully saturated rings. The second kappa shape index (κ2) is 2.92. The summed E-state index contributed by atoms with van der Waals surface area (Å²) in [6, 6.07) is 0. The molecule has 0 N–H and O–H groups in total. The lowest BCUT2D eigenvalue weighted by Gasteiger charge is -2.03. The van der Waals surface area contributed by atoms with E-state index in [1.54, 1.807) is 0 Å². The summed E-state index contributed by atoms with van der Waals surface area (Å²) in [6.07, 6.45) is 0. The molecule has 0 unspecified atom stereocenters. The molecular formula is C7H5ClFN3O. The number of hydrogen-bond acceptors (Lipinski definition) is 4. The number of nitrogens with zero attached hydrogens (tertiary/aromatic N) is 3. The van der Waals surface area contributed by atoms with Crippen LogP contribution in [0.5, 0.6) is 5.88 Å². The third-order valence-electron chi connectivity index (χ3n) is 1.71. The minimum atomic E-state index is -0.613. The molecule has 0 radical (unpaired) electrons. The number of halogens is 2. The van der Waals surface area contributed by atoms with Gasteiger partial charge in [-0.3, -0.25) is 4.99 Å². The maximum absolute atomic E-state index is 13.0. The number of rotatable bonds is 1. The fourth-order valence-electron chi connectivity index (χ4n) is 1.14.